The number of halogens is 1. The Morgan fingerprint density at radius 2 is 2.11 bits per heavy atom. The van der Waals surface area contributed by atoms with E-state index >= 15 is 0 Å². The number of hydrogen-bond acceptors (Lipinski definition) is 4. The number of nitrogens with one attached hydrogen (secondary N) is 2. The summed E-state index contributed by atoms with van der Waals surface area (Å²) in [7, 11) is 0. The van der Waals surface area contributed by atoms with Gasteiger partial charge in [0.15, 0.2) is 0 Å². The Kier molecular flexibility index (Phi) is 7.58. The molecule has 0 aliphatic rings. The summed E-state index contributed by atoms with van der Waals surface area (Å²) in [6, 6.07) is 13.7. The van der Waals surface area contributed by atoms with Crippen LogP contribution in [-0.4, -0.2) is 28.9 Å². The van der Waals surface area contributed by atoms with E-state index in [2.05, 4.69) is 20.7 Å². The number of anilines is 1. The quantitative estimate of drug-likeness (QED) is 0.432. The van der Waals surface area contributed by atoms with Gasteiger partial charge < -0.3 is 10.2 Å². The first kappa shape index (κ1) is 21.4. The van der Waals surface area contributed by atoms with Gasteiger partial charge in [0, 0.05) is 23.1 Å². The molecule has 0 aliphatic carbocycles. The molecule has 3 aromatic rings. The molecule has 0 atom stereocenters. The first-order valence-corrected chi connectivity index (χ1v) is 9.10. The fourth-order valence-electron chi connectivity index (χ4n) is 2.83. The van der Waals surface area contributed by atoms with Crippen LogP contribution in [0, 0.1) is 5.92 Å². The van der Waals surface area contributed by atoms with E-state index < -0.39 is 0 Å². The average Bonchev–Trinajstić information content (AvgIpc) is 3.04. The number of nitrogens with zero attached hydrogens (tertiary/aromatic N) is 2. The molecule has 3 rings (SSSR count). The molecule has 0 aliphatic heterocycles. The van der Waals surface area contributed by atoms with Crippen molar-refractivity contribution in [2.75, 3.05) is 11.9 Å². The summed E-state index contributed by atoms with van der Waals surface area (Å²) in [6.45, 7) is 6.48. The zero-order valence-corrected chi connectivity index (χ0v) is 17.0. The second kappa shape index (κ2) is 9.90. The predicted molar refractivity (Wildman–Crippen MR) is 116 cm³/mol. The fourth-order valence-corrected chi connectivity index (χ4v) is 2.83. The third-order valence-corrected chi connectivity index (χ3v) is 4.01. The van der Waals surface area contributed by atoms with E-state index in [1.165, 1.54) is 0 Å². The highest BCUT2D eigenvalue weighted by Gasteiger charge is 2.11. The Morgan fingerprint density at radius 1 is 1.29 bits per heavy atom. The van der Waals surface area contributed by atoms with Crippen LogP contribution >= 0.6 is 12.4 Å². The maximum atomic E-state index is 12.0. The molecule has 148 valence electrons. The van der Waals surface area contributed by atoms with Crippen molar-refractivity contribution in [2.24, 2.45) is 11.1 Å². The molecule has 0 fully saturated rings. The van der Waals surface area contributed by atoms with Crippen LogP contribution in [0.25, 0.3) is 22.2 Å². The molecule has 7 heteroatoms. The van der Waals surface area contributed by atoms with Gasteiger partial charge in [0.2, 0.25) is 5.91 Å². The summed E-state index contributed by atoms with van der Waals surface area (Å²) < 4.78 is 0. The summed E-state index contributed by atoms with van der Waals surface area (Å²) in [5.41, 5.74) is 4.40. The minimum atomic E-state index is 0. The highest BCUT2D eigenvalue weighted by Crippen LogP contribution is 2.28. The SMILES string of the molecule is CCON=Cc1ccc2[nH]nc(-c3cccc(NC(=O)CC(C)C)c3)c2c1.Cl. The Balaban J connectivity index is 0.00000280. The number of rotatable bonds is 7. The molecule has 0 saturated carbocycles. The van der Waals surface area contributed by atoms with Crippen molar-refractivity contribution in [1.82, 2.24) is 10.2 Å². The number of carbonyl (C=O) groups excluding carboxylic acids is 1. The number of carbonyl (C=O) groups is 1. The number of oxime groups is 1. The van der Waals surface area contributed by atoms with Crippen LogP contribution in [0.3, 0.4) is 0 Å². The summed E-state index contributed by atoms with van der Waals surface area (Å²) in [5, 5.41) is 15.4. The van der Waals surface area contributed by atoms with Gasteiger partial charge in [-0.25, -0.2) is 0 Å². The van der Waals surface area contributed by atoms with Crippen LogP contribution < -0.4 is 5.32 Å². The monoisotopic (exact) mass is 400 g/mol. The van der Waals surface area contributed by atoms with Crippen LogP contribution in [-0.2, 0) is 9.63 Å². The van der Waals surface area contributed by atoms with Crippen molar-refractivity contribution >= 4 is 41.1 Å². The Bertz CT molecular complexity index is 966. The molecule has 0 bridgehead atoms. The third-order valence-electron chi connectivity index (χ3n) is 4.01. The lowest BCUT2D eigenvalue weighted by Gasteiger charge is -2.08. The molecule has 6 nitrogen and oxygen atoms in total. The molecule has 2 N–H and O–H groups in total. The van der Waals surface area contributed by atoms with Gasteiger partial charge in [-0.3, -0.25) is 9.89 Å². The number of aromatic nitrogens is 2. The molecule has 1 amide bonds. The van der Waals surface area contributed by atoms with Gasteiger partial charge in [0.05, 0.1) is 17.4 Å². The average molecular weight is 401 g/mol. The highest BCUT2D eigenvalue weighted by molar-refractivity contribution is 5.98. The van der Waals surface area contributed by atoms with Crippen LogP contribution in [0.5, 0.6) is 0 Å². The molecule has 28 heavy (non-hydrogen) atoms. The molecule has 0 unspecified atom stereocenters. The normalized spacial score (nSPS) is 11.0. The highest BCUT2D eigenvalue weighted by atomic mass is 35.5. The summed E-state index contributed by atoms with van der Waals surface area (Å²) in [4.78, 5) is 17.1. The van der Waals surface area contributed by atoms with Gasteiger partial charge in [-0.2, -0.15) is 5.10 Å². The van der Waals surface area contributed by atoms with Crippen LogP contribution in [0.1, 0.15) is 32.8 Å². The molecule has 2 aromatic carbocycles. The minimum Gasteiger partial charge on any atom is -0.396 e. The van der Waals surface area contributed by atoms with Crippen molar-refractivity contribution in [3.8, 4) is 11.3 Å². The molecular formula is C21H25ClN4O2. The summed E-state index contributed by atoms with van der Waals surface area (Å²) in [5.74, 6) is 0.337. The summed E-state index contributed by atoms with van der Waals surface area (Å²) in [6.07, 6.45) is 2.18. The van der Waals surface area contributed by atoms with Crippen molar-refractivity contribution in [3.05, 3.63) is 48.0 Å². The van der Waals surface area contributed by atoms with Crippen molar-refractivity contribution in [1.29, 1.82) is 0 Å². The number of benzene rings is 2. The number of hydrogen-bond donors (Lipinski definition) is 2. The van der Waals surface area contributed by atoms with E-state index in [1.54, 1.807) is 6.21 Å². The zero-order valence-electron chi connectivity index (χ0n) is 16.2. The lowest BCUT2D eigenvalue weighted by Crippen LogP contribution is -2.13. The predicted octanol–water partition coefficient (Wildman–Crippen LogP) is 5.01. The van der Waals surface area contributed by atoms with Crippen molar-refractivity contribution in [2.45, 2.75) is 27.2 Å². The van der Waals surface area contributed by atoms with Crippen molar-refractivity contribution < 1.29 is 9.63 Å². The van der Waals surface area contributed by atoms with E-state index in [9.17, 15) is 4.79 Å². The number of amides is 1. The maximum absolute atomic E-state index is 12.0. The van der Waals surface area contributed by atoms with E-state index in [-0.39, 0.29) is 18.3 Å². The van der Waals surface area contributed by atoms with Crippen LogP contribution in [0.15, 0.2) is 47.6 Å². The molecule has 0 radical (unpaired) electrons. The summed E-state index contributed by atoms with van der Waals surface area (Å²) >= 11 is 0. The number of aromatic amines is 1. The van der Waals surface area contributed by atoms with Gasteiger partial charge >= 0.3 is 0 Å². The van der Waals surface area contributed by atoms with Gasteiger partial charge in [0.25, 0.3) is 0 Å². The first-order chi connectivity index (χ1) is 13.1. The topological polar surface area (TPSA) is 79.4 Å². The second-order valence-electron chi connectivity index (χ2n) is 6.76. The third kappa shape index (κ3) is 5.33. The lowest BCUT2D eigenvalue weighted by atomic mass is 10.1. The van der Waals surface area contributed by atoms with Crippen molar-refractivity contribution in [3.63, 3.8) is 0 Å². The minimum absolute atomic E-state index is 0. The molecule has 0 spiro atoms. The first-order valence-electron chi connectivity index (χ1n) is 9.10. The molecular weight excluding hydrogens is 376 g/mol. The van der Waals surface area contributed by atoms with Crippen LogP contribution in [0.2, 0.25) is 0 Å². The molecule has 0 saturated heterocycles. The van der Waals surface area contributed by atoms with Gasteiger partial charge in [-0.1, -0.05) is 37.2 Å². The largest absolute Gasteiger partial charge is 0.396 e. The van der Waals surface area contributed by atoms with Gasteiger partial charge in [-0.05, 0) is 42.7 Å². The van der Waals surface area contributed by atoms with E-state index in [4.69, 9.17) is 4.84 Å². The van der Waals surface area contributed by atoms with E-state index in [0.717, 1.165) is 33.4 Å². The van der Waals surface area contributed by atoms with E-state index in [1.807, 2.05) is 63.2 Å². The Hall–Kier alpha value is -2.86. The second-order valence-corrected chi connectivity index (χ2v) is 6.76. The maximum Gasteiger partial charge on any atom is 0.224 e. The smallest absolute Gasteiger partial charge is 0.224 e. The standard InChI is InChI=1S/C21H24N4O2.ClH/c1-4-27-22-13-15-8-9-19-18(11-15)21(25-24-19)16-6-5-7-17(12-16)23-20(26)10-14(2)3;/h5-9,11-14H,4,10H2,1-3H3,(H,23,26)(H,24,25);1H. The Morgan fingerprint density at radius 3 is 2.86 bits per heavy atom. The number of H-pyrrole nitrogens is 1. The van der Waals surface area contributed by atoms with E-state index in [0.29, 0.717) is 18.9 Å². The Labute approximate surface area is 170 Å². The van der Waals surface area contributed by atoms with Gasteiger partial charge in [-0.15, -0.1) is 12.4 Å². The zero-order chi connectivity index (χ0) is 19.2. The number of fused-ring (bicyclic) bond motifs is 1. The van der Waals surface area contributed by atoms with Gasteiger partial charge in [0.1, 0.15) is 6.61 Å². The van der Waals surface area contributed by atoms with Crippen LogP contribution in [0.4, 0.5) is 5.69 Å². The fraction of sp³-hybridized carbons (Fsp3) is 0.286. The lowest BCUT2D eigenvalue weighted by molar-refractivity contribution is -0.116. The molecule has 1 aromatic heterocycles. The molecule has 1 heterocycles.